The van der Waals surface area contributed by atoms with Crippen LogP contribution < -0.4 is 5.32 Å². The maximum absolute atomic E-state index is 12.4. The van der Waals surface area contributed by atoms with Crippen LogP contribution in [0.1, 0.15) is 27.3 Å². The number of benzene rings is 2. The molecule has 29 heavy (non-hydrogen) atoms. The Labute approximate surface area is 172 Å². The minimum absolute atomic E-state index is 0.0147. The van der Waals surface area contributed by atoms with Crippen molar-refractivity contribution in [3.05, 3.63) is 81.2 Å². The molecule has 4 rings (SSSR count). The van der Waals surface area contributed by atoms with E-state index >= 15 is 0 Å². The smallest absolute Gasteiger partial charge is 0.229 e. The lowest BCUT2D eigenvalue weighted by atomic mass is 10.1. The number of H-pyrrole nitrogens is 1. The summed E-state index contributed by atoms with van der Waals surface area (Å²) in [6.45, 7) is 1.98. The van der Waals surface area contributed by atoms with E-state index < -0.39 is 0 Å². The predicted molar refractivity (Wildman–Crippen MR) is 119 cm³/mol. The largest absolute Gasteiger partial charge is 0.392 e. The number of aliphatic hydroxyl groups excluding tert-OH is 1. The molecule has 1 amide bonds. The normalized spacial score (nSPS) is 11.4. The molecule has 3 N–H and O–H groups in total. The number of nitrogens with zero attached hydrogens (tertiary/aromatic N) is 1. The van der Waals surface area contributed by atoms with E-state index in [0.29, 0.717) is 6.42 Å². The van der Waals surface area contributed by atoms with Crippen molar-refractivity contribution in [3.8, 4) is 0 Å². The summed E-state index contributed by atoms with van der Waals surface area (Å²) < 4.78 is 0. The number of amides is 1. The summed E-state index contributed by atoms with van der Waals surface area (Å²) in [6, 6.07) is 15.6. The zero-order chi connectivity index (χ0) is 20.2. The number of aryl methyl sites for hydroxylation is 1. The molecule has 0 unspecified atom stereocenters. The van der Waals surface area contributed by atoms with Crippen LogP contribution in [-0.4, -0.2) is 21.2 Å². The first kappa shape index (κ1) is 19.1. The summed E-state index contributed by atoms with van der Waals surface area (Å²) in [5.74, 6) is -0.0312. The zero-order valence-electron chi connectivity index (χ0n) is 16.0. The van der Waals surface area contributed by atoms with Gasteiger partial charge in [0.15, 0.2) is 0 Å². The summed E-state index contributed by atoms with van der Waals surface area (Å²) in [4.78, 5) is 13.4. The number of nitrogens with one attached hydrogen (secondary N) is 2. The van der Waals surface area contributed by atoms with Crippen molar-refractivity contribution < 1.29 is 9.90 Å². The van der Waals surface area contributed by atoms with E-state index in [1.165, 1.54) is 0 Å². The van der Waals surface area contributed by atoms with Gasteiger partial charge in [-0.2, -0.15) is 5.10 Å². The van der Waals surface area contributed by atoms with Gasteiger partial charge < -0.3 is 10.4 Å². The minimum atomic E-state index is -0.0312. The highest BCUT2D eigenvalue weighted by atomic mass is 32.1. The Morgan fingerprint density at radius 1 is 1.21 bits per heavy atom. The molecule has 2 aromatic carbocycles. The number of rotatable bonds is 6. The quantitative estimate of drug-likeness (QED) is 0.434. The van der Waals surface area contributed by atoms with E-state index in [2.05, 4.69) is 15.5 Å². The Morgan fingerprint density at radius 2 is 2.10 bits per heavy atom. The number of aromatic nitrogens is 2. The molecule has 0 spiro atoms. The predicted octanol–water partition coefficient (Wildman–Crippen LogP) is 4.78. The van der Waals surface area contributed by atoms with Crippen LogP contribution in [0.5, 0.6) is 0 Å². The van der Waals surface area contributed by atoms with Crippen LogP contribution in [0, 0.1) is 6.92 Å². The van der Waals surface area contributed by atoms with Gasteiger partial charge in [0.2, 0.25) is 5.91 Å². The van der Waals surface area contributed by atoms with Gasteiger partial charge in [0.25, 0.3) is 0 Å². The molecular weight excluding hydrogens is 382 g/mol. The average molecular weight is 404 g/mol. The number of aliphatic hydroxyl groups is 1. The van der Waals surface area contributed by atoms with Crippen molar-refractivity contribution in [1.82, 2.24) is 10.2 Å². The molecule has 0 aliphatic carbocycles. The van der Waals surface area contributed by atoms with Crippen LogP contribution in [0.2, 0.25) is 0 Å². The van der Waals surface area contributed by atoms with E-state index in [1.807, 2.05) is 73.0 Å². The molecule has 146 valence electrons. The van der Waals surface area contributed by atoms with E-state index in [-0.39, 0.29) is 12.5 Å². The Bertz CT molecular complexity index is 1180. The van der Waals surface area contributed by atoms with Gasteiger partial charge in [-0.1, -0.05) is 30.3 Å². The molecule has 0 bridgehead atoms. The molecule has 6 heteroatoms. The second-order valence-corrected chi connectivity index (χ2v) is 7.89. The average Bonchev–Trinajstić information content (AvgIpc) is 3.36. The number of fused-ring (bicyclic) bond motifs is 1. The fourth-order valence-electron chi connectivity index (χ4n) is 3.19. The van der Waals surface area contributed by atoms with Crippen molar-refractivity contribution in [3.63, 3.8) is 0 Å². The molecule has 0 aliphatic heterocycles. The first-order chi connectivity index (χ1) is 14.1. The Kier molecular flexibility index (Phi) is 5.55. The van der Waals surface area contributed by atoms with Gasteiger partial charge in [-0.3, -0.25) is 9.89 Å². The van der Waals surface area contributed by atoms with Crippen LogP contribution in [0.4, 0.5) is 5.69 Å². The lowest BCUT2D eigenvalue weighted by Crippen LogP contribution is -2.14. The summed E-state index contributed by atoms with van der Waals surface area (Å²) in [7, 11) is 0. The molecule has 0 radical (unpaired) electrons. The number of anilines is 1. The highest BCUT2D eigenvalue weighted by Crippen LogP contribution is 2.26. The van der Waals surface area contributed by atoms with Gasteiger partial charge in [-0.15, -0.1) is 11.3 Å². The molecule has 5 nitrogen and oxygen atoms in total. The molecule has 2 aromatic heterocycles. The highest BCUT2D eigenvalue weighted by Gasteiger charge is 2.11. The van der Waals surface area contributed by atoms with Crippen molar-refractivity contribution in [2.75, 3.05) is 5.32 Å². The second kappa shape index (κ2) is 8.43. The first-order valence-corrected chi connectivity index (χ1v) is 10.2. The third kappa shape index (κ3) is 4.45. The van der Waals surface area contributed by atoms with Gasteiger partial charge in [0, 0.05) is 16.0 Å². The number of hydrogen-bond acceptors (Lipinski definition) is 4. The second-order valence-electron chi connectivity index (χ2n) is 6.86. The van der Waals surface area contributed by atoms with Crippen LogP contribution in [0.3, 0.4) is 0 Å². The van der Waals surface area contributed by atoms with E-state index in [1.54, 1.807) is 11.3 Å². The maximum Gasteiger partial charge on any atom is 0.229 e. The molecule has 0 fully saturated rings. The minimum Gasteiger partial charge on any atom is -0.392 e. The third-order valence-electron chi connectivity index (χ3n) is 4.69. The maximum atomic E-state index is 12.4. The van der Waals surface area contributed by atoms with Crippen molar-refractivity contribution in [1.29, 1.82) is 0 Å². The zero-order valence-corrected chi connectivity index (χ0v) is 16.8. The Hall–Kier alpha value is -3.22. The van der Waals surface area contributed by atoms with E-state index in [9.17, 15) is 9.90 Å². The van der Waals surface area contributed by atoms with Crippen LogP contribution >= 0.6 is 11.3 Å². The number of carbonyl (C=O) groups is 1. The number of thiophene rings is 1. The Balaban J connectivity index is 1.58. The summed E-state index contributed by atoms with van der Waals surface area (Å²) in [6.07, 6.45) is 4.26. The van der Waals surface area contributed by atoms with Gasteiger partial charge in [0.1, 0.15) is 0 Å². The fourth-order valence-corrected chi connectivity index (χ4v) is 3.89. The monoisotopic (exact) mass is 403 g/mol. The topological polar surface area (TPSA) is 78.0 Å². The Morgan fingerprint density at radius 3 is 2.90 bits per heavy atom. The van der Waals surface area contributed by atoms with E-state index in [4.69, 9.17) is 0 Å². The van der Waals surface area contributed by atoms with Crippen molar-refractivity contribution in [2.24, 2.45) is 0 Å². The highest BCUT2D eigenvalue weighted by molar-refractivity contribution is 7.10. The molecule has 2 heterocycles. The molecule has 0 aliphatic rings. The lowest BCUT2D eigenvalue weighted by molar-refractivity contribution is -0.115. The van der Waals surface area contributed by atoms with Gasteiger partial charge in [-0.25, -0.2) is 0 Å². The van der Waals surface area contributed by atoms with Crippen LogP contribution in [-0.2, 0) is 17.8 Å². The number of carbonyl (C=O) groups excluding carboxylic acids is 1. The van der Waals surface area contributed by atoms with Crippen LogP contribution in [0.15, 0.2) is 53.9 Å². The molecule has 0 atom stereocenters. The molecule has 0 saturated carbocycles. The van der Waals surface area contributed by atoms with E-state index in [0.717, 1.165) is 43.9 Å². The summed E-state index contributed by atoms with van der Waals surface area (Å²) in [5.41, 5.74) is 5.34. The van der Waals surface area contributed by atoms with Gasteiger partial charge >= 0.3 is 0 Å². The first-order valence-electron chi connectivity index (χ1n) is 9.31. The lowest BCUT2D eigenvalue weighted by Gasteiger charge is -2.08. The fraction of sp³-hybridized carbons (Fsp3) is 0.130. The SMILES string of the molecule is Cc1cc2[nH]nc(/C=C/c3cccc(CO)c3)c2cc1NC(=O)Cc1cccs1. The number of aromatic amines is 1. The standard InChI is InChI=1S/C23H21N3O2S/c1-15-10-22-19(13-21(15)24-23(28)12-18-6-3-9-29-18)20(25-26-22)8-7-16-4-2-5-17(11-16)14-27/h2-11,13,27H,12,14H2,1H3,(H,24,28)(H,25,26)/b8-7+. The van der Waals surface area contributed by atoms with Gasteiger partial charge in [0.05, 0.1) is 24.2 Å². The van der Waals surface area contributed by atoms with Gasteiger partial charge in [-0.05, 0) is 59.3 Å². The molecular formula is C23H21N3O2S. The van der Waals surface area contributed by atoms with Crippen molar-refractivity contribution >= 4 is 46.0 Å². The number of hydrogen-bond donors (Lipinski definition) is 3. The summed E-state index contributed by atoms with van der Waals surface area (Å²) >= 11 is 1.58. The van der Waals surface area contributed by atoms with Crippen LogP contribution in [0.25, 0.3) is 23.1 Å². The molecule has 4 aromatic rings. The van der Waals surface area contributed by atoms with Crippen molar-refractivity contribution in [2.45, 2.75) is 20.0 Å². The third-order valence-corrected chi connectivity index (χ3v) is 5.57. The molecule has 0 saturated heterocycles. The summed E-state index contributed by atoms with van der Waals surface area (Å²) in [5, 5.41) is 22.7.